The van der Waals surface area contributed by atoms with Gasteiger partial charge >= 0.3 is 0 Å². The highest BCUT2D eigenvalue weighted by molar-refractivity contribution is 6.17. The quantitative estimate of drug-likeness (QED) is 0.460. The highest BCUT2D eigenvalue weighted by atomic mass is 35.5. The molecule has 0 spiro atoms. The standard InChI is InChI=1S/C4H6O2.C3H9N.C2H5Cl/c1-3(2)4(5)6;1-4(2)3;1-2-3/h1H2,2H3,(H,5,6);1-3H3;2H2,1H3. The number of hydrogen-bond acceptors (Lipinski definition) is 2. The first kappa shape index (κ1) is 18.3. The molecule has 0 aliphatic heterocycles. The molecule has 4 heteroatoms. The molecule has 0 bridgehead atoms. The smallest absolute Gasteiger partial charge is 0.0666 e. The van der Waals surface area contributed by atoms with Crippen LogP contribution in [-0.4, -0.2) is 33.0 Å². The van der Waals surface area contributed by atoms with Crippen molar-refractivity contribution in [3.05, 3.63) is 12.2 Å². The number of rotatable bonds is 1. The Hall–Kier alpha value is -0.540. The van der Waals surface area contributed by atoms with Crippen LogP contribution in [0.4, 0.5) is 0 Å². The van der Waals surface area contributed by atoms with E-state index < -0.39 is 5.97 Å². The van der Waals surface area contributed by atoms with Crippen molar-refractivity contribution in [3.63, 3.8) is 0 Å². The Bertz CT molecular complexity index is 121. The molecular formula is C9H20ClNO2. The zero-order valence-corrected chi connectivity index (χ0v) is 9.86. The lowest BCUT2D eigenvalue weighted by Crippen LogP contribution is -3.02. The third-order valence-electron chi connectivity index (χ3n) is 0.348. The molecule has 3 nitrogen and oxygen atoms in total. The molecule has 13 heavy (non-hydrogen) atoms. The van der Waals surface area contributed by atoms with E-state index in [1.807, 2.05) is 6.92 Å². The van der Waals surface area contributed by atoms with Crippen LogP contribution in [-0.2, 0) is 4.79 Å². The van der Waals surface area contributed by atoms with Gasteiger partial charge in [0.15, 0.2) is 0 Å². The first-order valence-corrected chi connectivity index (χ1v) is 4.52. The first-order chi connectivity index (χ1) is 5.79. The molecule has 0 aliphatic carbocycles. The van der Waals surface area contributed by atoms with E-state index in [-0.39, 0.29) is 5.57 Å². The van der Waals surface area contributed by atoms with Gasteiger partial charge in [0.2, 0.25) is 0 Å². The predicted octanol–water partition coefficient (Wildman–Crippen LogP) is -0.682. The monoisotopic (exact) mass is 209 g/mol. The molecule has 0 aromatic rings. The number of carbonyl (C=O) groups excluding carboxylic acids is 1. The van der Waals surface area contributed by atoms with E-state index in [1.54, 1.807) is 0 Å². The summed E-state index contributed by atoms with van der Waals surface area (Å²) < 4.78 is 0. The van der Waals surface area contributed by atoms with Crippen LogP contribution in [0.15, 0.2) is 12.2 Å². The van der Waals surface area contributed by atoms with E-state index in [4.69, 9.17) is 11.6 Å². The zero-order chi connectivity index (χ0) is 11.4. The summed E-state index contributed by atoms with van der Waals surface area (Å²) in [7, 11) is 6.25. The molecule has 0 aromatic heterocycles. The molecule has 0 fully saturated rings. The van der Waals surface area contributed by atoms with Crippen LogP contribution < -0.4 is 10.0 Å². The number of quaternary nitrogens is 1. The number of nitrogens with one attached hydrogen (secondary N) is 1. The Labute approximate surface area is 86.0 Å². The van der Waals surface area contributed by atoms with Gasteiger partial charge in [0.05, 0.1) is 27.1 Å². The fourth-order valence-electron chi connectivity index (χ4n) is 0. The number of hydrogen-bond donors (Lipinski definition) is 1. The van der Waals surface area contributed by atoms with E-state index in [1.165, 1.54) is 11.8 Å². The molecule has 0 aromatic carbocycles. The lowest BCUT2D eigenvalue weighted by Gasteiger charge is -1.93. The second-order valence-electron chi connectivity index (χ2n) is 2.84. The Morgan fingerprint density at radius 1 is 1.46 bits per heavy atom. The predicted molar refractivity (Wildman–Crippen MR) is 54.9 cm³/mol. The van der Waals surface area contributed by atoms with Gasteiger partial charge in [-0.05, 0) is 12.5 Å². The SMILES string of the molecule is C=C(C)C(=O)[O-].CCCl.C[NH+](C)C. The van der Waals surface area contributed by atoms with Gasteiger partial charge in [0.25, 0.3) is 0 Å². The third-order valence-corrected chi connectivity index (χ3v) is 0.348. The van der Waals surface area contributed by atoms with Gasteiger partial charge in [-0.2, -0.15) is 0 Å². The minimum atomic E-state index is -1.19. The van der Waals surface area contributed by atoms with Crippen LogP contribution in [0.1, 0.15) is 13.8 Å². The Kier molecular flexibility index (Phi) is 19.7. The van der Waals surface area contributed by atoms with Crippen molar-refractivity contribution >= 4 is 17.6 Å². The molecule has 0 aliphatic rings. The van der Waals surface area contributed by atoms with Crippen LogP contribution >= 0.6 is 11.6 Å². The number of carbonyl (C=O) groups is 1. The van der Waals surface area contributed by atoms with E-state index in [0.717, 1.165) is 5.88 Å². The molecule has 0 rings (SSSR count). The molecule has 0 atom stereocenters. The maximum absolute atomic E-state index is 9.49. The lowest BCUT2D eigenvalue weighted by atomic mass is 10.4. The molecule has 0 amide bonds. The van der Waals surface area contributed by atoms with Crippen molar-refractivity contribution in [2.24, 2.45) is 0 Å². The normalized spacial score (nSPS) is 7.62. The molecule has 0 saturated carbocycles. The van der Waals surface area contributed by atoms with Crippen molar-refractivity contribution < 1.29 is 14.8 Å². The maximum Gasteiger partial charge on any atom is 0.0666 e. The molecule has 1 N–H and O–H groups in total. The third kappa shape index (κ3) is 85.7. The summed E-state index contributed by atoms with van der Waals surface area (Å²) in [6.07, 6.45) is 0. The number of carboxylic acid groups (broad SMARTS) is 1. The molecular weight excluding hydrogens is 190 g/mol. The number of carboxylic acids is 1. The van der Waals surface area contributed by atoms with Crippen molar-refractivity contribution in [1.29, 1.82) is 0 Å². The lowest BCUT2D eigenvalue weighted by molar-refractivity contribution is -0.836. The van der Waals surface area contributed by atoms with Gasteiger partial charge in [-0.15, -0.1) is 11.6 Å². The van der Waals surface area contributed by atoms with Gasteiger partial charge in [-0.1, -0.05) is 13.5 Å². The average Bonchev–Trinajstić information content (AvgIpc) is 1.87. The van der Waals surface area contributed by atoms with Gasteiger partial charge in [-0.3, -0.25) is 0 Å². The van der Waals surface area contributed by atoms with Crippen LogP contribution in [0, 0.1) is 0 Å². The molecule has 0 radical (unpaired) electrons. The Balaban J connectivity index is -0.000000125. The van der Waals surface area contributed by atoms with Crippen molar-refractivity contribution in [2.75, 3.05) is 27.0 Å². The molecule has 0 unspecified atom stereocenters. The Morgan fingerprint density at radius 2 is 1.54 bits per heavy atom. The second-order valence-corrected chi connectivity index (χ2v) is 3.37. The Morgan fingerprint density at radius 3 is 1.54 bits per heavy atom. The number of halogens is 1. The van der Waals surface area contributed by atoms with Gasteiger partial charge in [0, 0.05) is 5.88 Å². The van der Waals surface area contributed by atoms with Crippen molar-refractivity contribution in [3.8, 4) is 0 Å². The van der Waals surface area contributed by atoms with Crippen LogP contribution in [0.2, 0.25) is 0 Å². The first-order valence-electron chi connectivity index (χ1n) is 3.99. The van der Waals surface area contributed by atoms with Crippen molar-refractivity contribution in [1.82, 2.24) is 0 Å². The van der Waals surface area contributed by atoms with Crippen LogP contribution in [0.25, 0.3) is 0 Å². The fraction of sp³-hybridized carbons (Fsp3) is 0.667. The summed E-state index contributed by atoms with van der Waals surface area (Å²) in [6, 6.07) is 0. The highest BCUT2D eigenvalue weighted by Crippen LogP contribution is 1.77. The topological polar surface area (TPSA) is 44.6 Å². The van der Waals surface area contributed by atoms with Gasteiger partial charge in [0.1, 0.15) is 0 Å². The molecule has 80 valence electrons. The number of alkyl halides is 1. The van der Waals surface area contributed by atoms with Gasteiger partial charge in [-0.25, -0.2) is 0 Å². The summed E-state index contributed by atoms with van der Waals surface area (Å²) in [5, 5.41) is 9.49. The van der Waals surface area contributed by atoms with Crippen LogP contribution in [0.3, 0.4) is 0 Å². The van der Waals surface area contributed by atoms with E-state index >= 15 is 0 Å². The number of aliphatic carboxylic acids is 1. The minimum Gasteiger partial charge on any atom is -0.545 e. The minimum absolute atomic E-state index is 0.0648. The summed E-state index contributed by atoms with van der Waals surface area (Å²) in [5.74, 6) is -0.463. The molecule has 0 saturated heterocycles. The summed E-state index contributed by atoms with van der Waals surface area (Å²) in [5.41, 5.74) is 0.0648. The van der Waals surface area contributed by atoms with Gasteiger partial charge < -0.3 is 14.8 Å². The zero-order valence-electron chi connectivity index (χ0n) is 9.11. The van der Waals surface area contributed by atoms with E-state index in [0.29, 0.717) is 0 Å². The summed E-state index contributed by atoms with van der Waals surface area (Å²) in [4.78, 5) is 10.9. The van der Waals surface area contributed by atoms with E-state index in [2.05, 4.69) is 27.7 Å². The largest absolute Gasteiger partial charge is 0.545 e. The average molecular weight is 210 g/mol. The highest BCUT2D eigenvalue weighted by Gasteiger charge is 1.76. The van der Waals surface area contributed by atoms with Crippen LogP contribution in [0.5, 0.6) is 0 Å². The van der Waals surface area contributed by atoms with E-state index in [9.17, 15) is 9.90 Å². The summed E-state index contributed by atoms with van der Waals surface area (Å²) in [6.45, 7) is 6.37. The maximum atomic E-state index is 9.49. The van der Waals surface area contributed by atoms with Crippen molar-refractivity contribution in [2.45, 2.75) is 13.8 Å². The second kappa shape index (κ2) is 14.0. The molecule has 0 heterocycles. The fourth-order valence-corrected chi connectivity index (χ4v) is 0. The summed E-state index contributed by atoms with van der Waals surface area (Å²) >= 11 is 5.00.